The second-order valence-electron chi connectivity index (χ2n) is 7.79. The van der Waals surface area contributed by atoms with Crippen molar-refractivity contribution < 1.29 is 14.0 Å². The first-order valence-corrected chi connectivity index (χ1v) is 10.1. The molecule has 0 unspecified atom stereocenters. The van der Waals surface area contributed by atoms with Crippen molar-refractivity contribution in [3.63, 3.8) is 0 Å². The third-order valence-electron chi connectivity index (χ3n) is 5.46. The lowest BCUT2D eigenvalue weighted by molar-refractivity contribution is 0.0503. The normalized spacial score (nSPS) is 15.9. The number of carbonyl (C=O) groups excluding carboxylic acids is 2. The molecule has 0 aromatic carbocycles. The van der Waals surface area contributed by atoms with Gasteiger partial charge in [0.2, 0.25) is 0 Å². The predicted molar refractivity (Wildman–Crippen MR) is 112 cm³/mol. The average Bonchev–Trinajstić information content (AvgIpc) is 3.17. The zero-order chi connectivity index (χ0) is 21.3. The van der Waals surface area contributed by atoms with Crippen LogP contribution >= 0.6 is 0 Å². The maximum Gasteiger partial charge on any atom is 0.255 e. The first-order chi connectivity index (χ1) is 14.4. The van der Waals surface area contributed by atoms with Crippen molar-refractivity contribution >= 4 is 22.8 Å². The van der Waals surface area contributed by atoms with Crippen LogP contribution < -0.4 is 5.32 Å². The molecule has 1 N–H and O–H groups in total. The van der Waals surface area contributed by atoms with Gasteiger partial charge in [-0.25, -0.2) is 14.4 Å². The molecule has 156 valence electrons. The zero-order valence-electron chi connectivity index (χ0n) is 17.1. The van der Waals surface area contributed by atoms with Crippen molar-refractivity contribution in [2.24, 2.45) is 0 Å². The minimum absolute atomic E-state index is 0.128. The molecule has 0 spiro atoms. The fourth-order valence-electron chi connectivity index (χ4n) is 3.61. The molecule has 4 rings (SSSR count). The number of aromatic nitrogens is 3. The summed E-state index contributed by atoms with van der Waals surface area (Å²) in [6.45, 7) is 4.82. The average molecular weight is 409 g/mol. The molecule has 1 saturated heterocycles. The van der Waals surface area contributed by atoms with Gasteiger partial charge in [0.15, 0.2) is 0 Å². The summed E-state index contributed by atoms with van der Waals surface area (Å²) in [5.41, 5.74) is 0.446. The Morgan fingerprint density at radius 1 is 1.13 bits per heavy atom. The summed E-state index contributed by atoms with van der Waals surface area (Å²) in [5.74, 6) is 0.334. The third kappa shape index (κ3) is 3.90. The van der Waals surface area contributed by atoms with Gasteiger partial charge in [-0.15, -0.1) is 0 Å². The minimum atomic E-state index is -1.20. The fourth-order valence-corrected chi connectivity index (χ4v) is 3.61. The first kappa shape index (κ1) is 20.0. The fraction of sp³-hybridized carbons (Fsp3) is 0.364. The van der Waals surface area contributed by atoms with Crippen molar-refractivity contribution in [2.45, 2.75) is 32.4 Å². The highest BCUT2D eigenvalue weighted by molar-refractivity contribution is 5.97. The van der Waals surface area contributed by atoms with Crippen molar-refractivity contribution in [2.75, 3.05) is 19.6 Å². The number of amides is 2. The first-order valence-electron chi connectivity index (χ1n) is 10.1. The molecule has 4 heterocycles. The summed E-state index contributed by atoms with van der Waals surface area (Å²) >= 11 is 0. The van der Waals surface area contributed by atoms with Crippen molar-refractivity contribution in [3.05, 3.63) is 54.0 Å². The van der Waals surface area contributed by atoms with E-state index in [9.17, 15) is 14.0 Å². The van der Waals surface area contributed by atoms with Gasteiger partial charge in [0.1, 0.15) is 17.1 Å². The topological polar surface area (TPSA) is 80.1 Å². The Bertz CT molecular complexity index is 1080. The van der Waals surface area contributed by atoms with Gasteiger partial charge in [0, 0.05) is 43.6 Å². The second kappa shape index (κ2) is 7.85. The van der Waals surface area contributed by atoms with Crippen LogP contribution in [0.4, 0.5) is 4.39 Å². The smallest absolute Gasteiger partial charge is 0.255 e. The van der Waals surface area contributed by atoms with E-state index in [0.717, 1.165) is 5.39 Å². The van der Waals surface area contributed by atoms with Gasteiger partial charge in [0.25, 0.3) is 11.8 Å². The molecule has 0 aliphatic carbocycles. The monoisotopic (exact) mass is 409 g/mol. The Balaban J connectivity index is 1.55. The number of pyridine rings is 2. The molecule has 1 fully saturated rings. The van der Waals surface area contributed by atoms with Crippen LogP contribution in [0.1, 0.15) is 47.4 Å². The van der Waals surface area contributed by atoms with Crippen LogP contribution in [-0.2, 0) is 0 Å². The molecule has 0 bridgehead atoms. The SMILES string of the molecule is CCNC(=O)c1ccc(-n2ccc3cc(C(=O)N4CCC(C)(F)CC4)cnc32)nc1. The number of carbonyl (C=O) groups is 2. The quantitative estimate of drug-likeness (QED) is 0.718. The summed E-state index contributed by atoms with van der Waals surface area (Å²) in [7, 11) is 0. The van der Waals surface area contributed by atoms with Crippen molar-refractivity contribution in [1.29, 1.82) is 0 Å². The third-order valence-corrected chi connectivity index (χ3v) is 5.46. The number of hydrogen-bond acceptors (Lipinski definition) is 4. The molecule has 7 nitrogen and oxygen atoms in total. The molecule has 0 radical (unpaired) electrons. The van der Waals surface area contributed by atoms with E-state index in [1.165, 1.54) is 6.20 Å². The number of nitrogens with one attached hydrogen (secondary N) is 1. The van der Waals surface area contributed by atoms with Crippen LogP contribution in [-0.4, -0.2) is 56.6 Å². The number of hydrogen-bond donors (Lipinski definition) is 1. The lowest BCUT2D eigenvalue weighted by Crippen LogP contribution is -2.43. The van der Waals surface area contributed by atoms with Crippen molar-refractivity contribution in [1.82, 2.24) is 24.8 Å². The Kier molecular flexibility index (Phi) is 5.24. The van der Waals surface area contributed by atoms with E-state index in [1.807, 2.05) is 19.2 Å². The van der Waals surface area contributed by atoms with E-state index < -0.39 is 5.67 Å². The molecule has 30 heavy (non-hydrogen) atoms. The van der Waals surface area contributed by atoms with Crippen molar-refractivity contribution in [3.8, 4) is 5.82 Å². The predicted octanol–water partition coefficient (Wildman–Crippen LogP) is 3.13. The van der Waals surface area contributed by atoms with Gasteiger partial charge >= 0.3 is 0 Å². The molecule has 0 atom stereocenters. The van der Waals surface area contributed by atoms with Crippen LogP contribution in [0.15, 0.2) is 42.9 Å². The Labute approximate surface area is 173 Å². The van der Waals surface area contributed by atoms with Gasteiger partial charge in [-0.05, 0) is 51.0 Å². The van der Waals surface area contributed by atoms with Crippen LogP contribution in [0, 0.1) is 0 Å². The highest BCUT2D eigenvalue weighted by Crippen LogP contribution is 2.27. The van der Waals surface area contributed by atoms with Gasteiger partial charge in [-0.1, -0.05) is 0 Å². The van der Waals surface area contributed by atoms with Gasteiger partial charge < -0.3 is 10.2 Å². The van der Waals surface area contributed by atoms with E-state index >= 15 is 0 Å². The molecular weight excluding hydrogens is 385 g/mol. The maximum absolute atomic E-state index is 14.0. The lowest BCUT2D eigenvalue weighted by Gasteiger charge is -2.34. The second-order valence-corrected chi connectivity index (χ2v) is 7.79. The molecular formula is C22H24FN5O2. The molecule has 1 aliphatic rings. The summed E-state index contributed by atoms with van der Waals surface area (Å²) in [6, 6.07) is 7.14. The summed E-state index contributed by atoms with van der Waals surface area (Å²) in [5, 5.41) is 3.55. The zero-order valence-corrected chi connectivity index (χ0v) is 17.1. The van der Waals surface area contributed by atoms with Crippen LogP contribution in [0.2, 0.25) is 0 Å². The van der Waals surface area contributed by atoms with E-state index in [0.29, 0.717) is 55.1 Å². The minimum Gasteiger partial charge on any atom is -0.352 e. The number of fused-ring (bicyclic) bond motifs is 1. The molecule has 8 heteroatoms. The standard InChI is InChI=1S/C22H24FN5O2/c1-3-24-20(29)16-4-5-18(25-13-16)28-9-6-15-12-17(14-26-19(15)28)21(30)27-10-7-22(2,23)8-11-27/h4-6,9,12-14H,3,7-8,10-11H2,1-2H3,(H,24,29). The number of nitrogens with zero attached hydrogens (tertiary/aromatic N) is 4. The van der Waals surface area contributed by atoms with E-state index in [4.69, 9.17) is 0 Å². The highest BCUT2D eigenvalue weighted by atomic mass is 19.1. The molecule has 3 aromatic rings. The molecule has 1 aliphatic heterocycles. The van der Waals surface area contributed by atoms with E-state index in [-0.39, 0.29) is 11.8 Å². The number of piperidine rings is 1. The highest BCUT2D eigenvalue weighted by Gasteiger charge is 2.32. The molecule has 3 aromatic heterocycles. The van der Waals surface area contributed by atoms with E-state index in [1.54, 1.807) is 40.8 Å². The number of alkyl halides is 1. The maximum atomic E-state index is 14.0. The largest absolute Gasteiger partial charge is 0.352 e. The van der Waals surface area contributed by atoms with Gasteiger partial charge in [-0.3, -0.25) is 14.2 Å². The number of rotatable bonds is 4. The molecule has 2 amide bonds. The van der Waals surface area contributed by atoms with Gasteiger partial charge in [-0.2, -0.15) is 0 Å². The Hall–Kier alpha value is -3.29. The summed E-state index contributed by atoms with van der Waals surface area (Å²) < 4.78 is 15.8. The molecule has 0 saturated carbocycles. The van der Waals surface area contributed by atoms with Gasteiger partial charge in [0.05, 0.1) is 11.1 Å². The van der Waals surface area contributed by atoms with Crippen LogP contribution in [0.25, 0.3) is 16.9 Å². The number of halogens is 1. The van der Waals surface area contributed by atoms with Crippen LogP contribution in [0.3, 0.4) is 0 Å². The number of likely N-dealkylation sites (tertiary alicyclic amines) is 1. The van der Waals surface area contributed by atoms with E-state index in [2.05, 4.69) is 15.3 Å². The summed E-state index contributed by atoms with van der Waals surface area (Å²) in [6.07, 6.45) is 5.60. The Morgan fingerprint density at radius 2 is 1.87 bits per heavy atom. The van der Waals surface area contributed by atoms with Crippen LogP contribution in [0.5, 0.6) is 0 Å². The lowest BCUT2D eigenvalue weighted by atomic mass is 9.95. The summed E-state index contributed by atoms with van der Waals surface area (Å²) in [4.78, 5) is 35.2. The Morgan fingerprint density at radius 3 is 2.53 bits per heavy atom.